The van der Waals surface area contributed by atoms with Crippen LogP contribution in [-0.2, 0) is 0 Å². The quantitative estimate of drug-likeness (QED) is 0.762. The lowest BCUT2D eigenvalue weighted by molar-refractivity contribution is 1.15. The SMILES string of the molecule is Cc1ccc(SCCN)cc1Cl. The van der Waals surface area contributed by atoms with Crippen molar-refractivity contribution in [3.63, 3.8) is 0 Å². The van der Waals surface area contributed by atoms with Crippen molar-refractivity contribution in [1.29, 1.82) is 0 Å². The lowest BCUT2D eigenvalue weighted by atomic mass is 10.2. The number of benzene rings is 1. The van der Waals surface area contributed by atoms with Crippen LogP contribution in [-0.4, -0.2) is 12.3 Å². The number of rotatable bonds is 3. The van der Waals surface area contributed by atoms with Crippen molar-refractivity contribution >= 4 is 23.4 Å². The maximum Gasteiger partial charge on any atom is 0.0446 e. The van der Waals surface area contributed by atoms with E-state index in [-0.39, 0.29) is 0 Å². The second kappa shape index (κ2) is 4.75. The summed E-state index contributed by atoms with van der Waals surface area (Å²) in [5, 5.41) is 0.831. The van der Waals surface area contributed by atoms with Crippen molar-refractivity contribution in [1.82, 2.24) is 0 Å². The zero-order valence-electron chi connectivity index (χ0n) is 7.01. The molecule has 0 heterocycles. The van der Waals surface area contributed by atoms with E-state index in [2.05, 4.69) is 6.07 Å². The van der Waals surface area contributed by atoms with Crippen molar-refractivity contribution in [2.24, 2.45) is 5.73 Å². The zero-order valence-corrected chi connectivity index (χ0v) is 8.58. The highest BCUT2D eigenvalue weighted by Crippen LogP contribution is 2.23. The van der Waals surface area contributed by atoms with Crippen LogP contribution in [0.25, 0.3) is 0 Å². The molecule has 0 fully saturated rings. The standard InChI is InChI=1S/C9H12ClNS/c1-7-2-3-8(6-9(7)10)12-5-4-11/h2-3,6H,4-5,11H2,1H3. The molecule has 0 bridgehead atoms. The third kappa shape index (κ3) is 2.70. The molecular weight excluding hydrogens is 190 g/mol. The highest BCUT2D eigenvalue weighted by Gasteiger charge is 1.97. The number of thioether (sulfide) groups is 1. The van der Waals surface area contributed by atoms with Crippen LogP contribution in [0.3, 0.4) is 0 Å². The lowest BCUT2D eigenvalue weighted by Crippen LogP contribution is -2.00. The van der Waals surface area contributed by atoms with E-state index in [9.17, 15) is 0 Å². The van der Waals surface area contributed by atoms with E-state index in [0.717, 1.165) is 16.3 Å². The Morgan fingerprint density at radius 2 is 2.25 bits per heavy atom. The molecule has 1 aromatic carbocycles. The fraction of sp³-hybridized carbons (Fsp3) is 0.333. The third-order valence-corrected chi connectivity index (χ3v) is 2.96. The zero-order chi connectivity index (χ0) is 8.97. The van der Waals surface area contributed by atoms with Crippen LogP contribution < -0.4 is 5.73 Å². The molecule has 0 atom stereocenters. The van der Waals surface area contributed by atoms with E-state index in [1.807, 2.05) is 19.1 Å². The Bertz CT molecular complexity index is 263. The predicted molar refractivity (Wildman–Crippen MR) is 56.0 cm³/mol. The molecule has 0 aliphatic rings. The van der Waals surface area contributed by atoms with Crippen LogP contribution in [0.1, 0.15) is 5.56 Å². The number of halogens is 1. The van der Waals surface area contributed by atoms with Crippen molar-refractivity contribution in [2.75, 3.05) is 12.3 Å². The molecular formula is C9H12ClNS. The van der Waals surface area contributed by atoms with Gasteiger partial charge in [0.1, 0.15) is 0 Å². The van der Waals surface area contributed by atoms with Gasteiger partial charge in [-0.2, -0.15) is 0 Å². The Kier molecular flexibility index (Phi) is 3.92. The van der Waals surface area contributed by atoms with E-state index in [1.54, 1.807) is 11.8 Å². The summed E-state index contributed by atoms with van der Waals surface area (Å²) in [5.74, 6) is 0.944. The molecule has 3 heteroatoms. The van der Waals surface area contributed by atoms with Crippen molar-refractivity contribution in [3.05, 3.63) is 28.8 Å². The molecule has 0 aliphatic carbocycles. The summed E-state index contributed by atoms with van der Waals surface area (Å²) in [4.78, 5) is 1.19. The molecule has 1 nitrogen and oxygen atoms in total. The van der Waals surface area contributed by atoms with Gasteiger partial charge in [-0.15, -0.1) is 11.8 Å². The van der Waals surface area contributed by atoms with Gasteiger partial charge < -0.3 is 5.73 Å². The summed E-state index contributed by atoms with van der Waals surface area (Å²) in [6.07, 6.45) is 0. The number of hydrogen-bond acceptors (Lipinski definition) is 2. The summed E-state index contributed by atoms with van der Waals surface area (Å²) in [6.45, 7) is 2.70. The molecule has 66 valence electrons. The normalized spacial score (nSPS) is 10.2. The summed E-state index contributed by atoms with van der Waals surface area (Å²) in [6, 6.07) is 6.08. The smallest absolute Gasteiger partial charge is 0.0446 e. The molecule has 0 unspecified atom stereocenters. The predicted octanol–water partition coefficient (Wildman–Crippen LogP) is 2.70. The van der Waals surface area contributed by atoms with Gasteiger partial charge in [0, 0.05) is 22.2 Å². The second-order valence-electron chi connectivity index (χ2n) is 2.55. The van der Waals surface area contributed by atoms with Crippen LogP contribution in [0.15, 0.2) is 23.1 Å². The van der Waals surface area contributed by atoms with Crippen molar-refractivity contribution in [2.45, 2.75) is 11.8 Å². The minimum atomic E-state index is 0.705. The average Bonchev–Trinajstić information content (AvgIpc) is 2.07. The molecule has 2 N–H and O–H groups in total. The van der Waals surface area contributed by atoms with Gasteiger partial charge in [-0.05, 0) is 24.6 Å². The molecule has 0 amide bonds. The van der Waals surface area contributed by atoms with Gasteiger partial charge in [-0.1, -0.05) is 17.7 Å². The van der Waals surface area contributed by atoms with E-state index >= 15 is 0 Å². The lowest BCUT2D eigenvalue weighted by Gasteiger charge is -2.02. The monoisotopic (exact) mass is 201 g/mol. The van der Waals surface area contributed by atoms with Crippen LogP contribution in [0.2, 0.25) is 5.02 Å². The third-order valence-electron chi connectivity index (χ3n) is 1.53. The Morgan fingerprint density at radius 1 is 1.50 bits per heavy atom. The van der Waals surface area contributed by atoms with E-state index in [0.29, 0.717) is 6.54 Å². The Morgan fingerprint density at radius 3 is 2.83 bits per heavy atom. The maximum absolute atomic E-state index is 5.95. The topological polar surface area (TPSA) is 26.0 Å². The first kappa shape index (κ1) is 9.90. The molecule has 0 saturated carbocycles. The minimum absolute atomic E-state index is 0.705. The van der Waals surface area contributed by atoms with Gasteiger partial charge in [-0.25, -0.2) is 0 Å². The highest BCUT2D eigenvalue weighted by molar-refractivity contribution is 7.99. The Hall–Kier alpha value is -0.180. The van der Waals surface area contributed by atoms with E-state index < -0.39 is 0 Å². The Balaban J connectivity index is 2.69. The van der Waals surface area contributed by atoms with Crippen LogP contribution in [0.5, 0.6) is 0 Å². The summed E-state index contributed by atoms with van der Waals surface area (Å²) >= 11 is 7.68. The van der Waals surface area contributed by atoms with Crippen LogP contribution in [0.4, 0.5) is 0 Å². The van der Waals surface area contributed by atoms with Crippen LogP contribution >= 0.6 is 23.4 Å². The van der Waals surface area contributed by atoms with Gasteiger partial charge in [0.05, 0.1) is 0 Å². The first-order valence-electron chi connectivity index (χ1n) is 3.83. The van der Waals surface area contributed by atoms with Gasteiger partial charge in [0.25, 0.3) is 0 Å². The minimum Gasteiger partial charge on any atom is -0.330 e. The number of nitrogens with two attached hydrogens (primary N) is 1. The largest absolute Gasteiger partial charge is 0.330 e. The molecule has 0 aliphatic heterocycles. The molecule has 0 spiro atoms. The number of aryl methyl sites for hydroxylation is 1. The van der Waals surface area contributed by atoms with Gasteiger partial charge in [0.2, 0.25) is 0 Å². The molecule has 0 saturated heterocycles. The number of hydrogen-bond donors (Lipinski definition) is 1. The van der Waals surface area contributed by atoms with E-state index in [1.165, 1.54) is 4.90 Å². The molecule has 1 aromatic rings. The maximum atomic E-state index is 5.95. The van der Waals surface area contributed by atoms with Gasteiger partial charge >= 0.3 is 0 Å². The summed E-state index contributed by atoms with van der Waals surface area (Å²) in [7, 11) is 0. The van der Waals surface area contributed by atoms with Gasteiger partial charge in [-0.3, -0.25) is 0 Å². The molecule has 12 heavy (non-hydrogen) atoms. The van der Waals surface area contributed by atoms with E-state index in [4.69, 9.17) is 17.3 Å². The van der Waals surface area contributed by atoms with Crippen molar-refractivity contribution in [3.8, 4) is 0 Å². The first-order valence-corrected chi connectivity index (χ1v) is 5.19. The average molecular weight is 202 g/mol. The first-order chi connectivity index (χ1) is 5.74. The summed E-state index contributed by atoms with van der Waals surface area (Å²) in [5.41, 5.74) is 6.51. The van der Waals surface area contributed by atoms with Crippen LogP contribution in [0, 0.1) is 6.92 Å². The summed E-state index contributed by atoms with van der Waals surface area (Å²) < 4.78 is 0. The van der Waals surface area contributed by atoms with Gasteiger partial charge in [0.15, 0.2) is 0 Å². The fourth-order valence-electron chi connectivity index (χ4n) is 0.840. The van der Waals surface area contributed by atoms with Crippen molar-refractivity contribution < 1.29 is 0 Å². The molecule has 0 radical (unpaired) electrons. The second-order valence-corrected chi connectivity index (χ2v) is 4.12. The molecule has 0 aromatic heterocycles. The molecule has 1 rings (SSSR count). The fourth-order valence-corrected chi connectivity index (χ4v) is 1.80. The Labute approximate surface area is 82.3 Å². The highest BCUT2D eigenvalue weighted by atomic mass is 35.5.